The van der Waals surface area contributed by atoms with Crippen LogP contribution in [0.4, 0.5) is 5.69 Å². The summed E-state index contributed by atoms with van der Waals surface area (Å²) in [4.78, 5) is 14.1. The molecule has 0 aromatic heterocycles. The number of aliphatic hydroxyl groups excluding tert-OH is 1. The maximum absolute atomic E-state index is 11.8. The number of β-amino-alcohol motifs (C(OH)–C–C–N with tert-alkyl or cyclic N) is 1. The summed E-state index contributed by atoms with van der Waals surface area (Å²) in [6, 6.07) is 7.38. The van der Waals surface area contributed by atoms with Crippen LogP contribution in [0.3, 0.4) is 0 Å². The Morgan fingerprint density at radius 3 is 2.79 bits per heavy atom. The summed E-state index contributed by atoms with van der Waals surface area (Å²) in [6.07, 6.45) is 3.89. The van der Waals surface area contributed by atoms with Crippen molar-refractivity contribution >= 4 is 11.6 Å². The summed E-state index contributed by atoms with van der Waals surface area (Å²) in [7, 11) is 0. The van der Waals surface area contributed by atoms with Gasteiger partial charge in [0, 0.05) is 24.2 Å². The second-order valence-electron chi connectivity index (χ2n) is 7.24. The van der Waals surface area contributed by atoms with E-state index in [0.717, 1.165) is 37.5 Å². The fraction of sp³-hybridized carbons (Fsp3) is 0.632. The van der Waals surface area contributed by atoms with E-state index in [0.29, 0.717) is 12.3 Å². The van der Waals surface area contributed by atoms with E-state index in [1.165, 1.54) is 12.8 Å². The maximum Gasteiger partial charge on any atom is 0.227 e. The number of hydrogen-bond acceptors (Lipinski definition) is 4. The molecule has 1 aromatic rings. The minimum Gasteiger partial charge on any atom is -0.491 e. The molecule has 2 N–H and O–H groups in total. The summed E-state index contributed by atoms with van der Waals surface area (Å²) in [5.74, 6) is 1.74. The average Bonchev–Trinajstić information content (AvgIpc) is 3.41. The van der Waals surface area contributed by atoms with Crippen LogP contribution in [0.25, 0.3) is 0 Å². The number of nitrogens with one attached hydrogen (secondary N) is 1. The highest BCUT2D eigenvalue weighted by atomic mass is 16.5. The Morgan fingerprint density at radius 2 is 2.08 bits per heavy atom. The first-order valence-corrected chi connectivity index (χ1v) is 9.04. The lowest BCUT2D eigenvalue weighted by atomic mass is 9.99. The van der Waals surface area contributed by atoms with Gasteiger partial charge < -0.3 is 20.1 Å². The molecule has 1 saturated carbocycles. The van der Waals surface area contributed by atoms with E-state index in [1.807, 2.05) is 24.3 Å². The second kappa shape index (κ2) is 7.99. The number of ether oxygens (including phenoxy) is 1. The van der Waals surface area contributed by atoms with Crippen molar-refractivity contribution in [1.82, 2.24) is 4.90 Å². The van der Waals surface area contributed by atoms with Crippen LogP contribution in [0.2, 0.25) is 0 Å². The molecule has 0 spiro atoms. The Balaban J connectivity index is 1.42. The van der Waals surface area contributed by atoms with Gasteiger partial charge >= 0.3 is 0 Å². The lowest BCUT2D eigenvalue weighted by Crippen LogP contribution is -2.40. The van der Waals surface area contributed by atoms with Crippen molar-refractivity contribution in [3.05, 3.63) is 24.3 Å². The van der Waals surface area contributed by atoms with Gasteiger partial charge in [0.25, 0.3) is 0 Å². The summed E-state index contributed by atoms with van der Waals surface area (Å²) in [6.45, 7) is 5.32. The van der Waals surface area contributed by atoms with Gasteiger partial charge in [0.1, 0.15) is 18.5 Å². The molecule has 1 amide bonds. The maximum atomic E-state index is 11.8. The van der Waals surface area contributed by atoms with Gasteiger partial charge in [0.05, 0.1) is 0 Å². The van der Waals surface area contributed by atoms with Crippen LogP contribution in [-0.2, 0) is 4.79 Å². The first kappa shape index (κ1) is 17.2. The molecule has 1 atom stereocenters. The number of anilines is 1. The van der Waals surface area contributed by atoms with Crippen molar-refractivity contribution in [3.8, 4) is 5.75 Å². The van der Waals surface area contributed by atoms with Crippen molar-refractivity contribution in [1.29, 1.82) is 0 Å². The molecular formula is C19H28N2O3. The molecule has 3 rings (SSSR count). The predicted octanol–water partition coefficient (Wildman–Crippen LogP) is 2.51. The molecule has 1 aliphatic heterocycles. The molecule has 0 radical (unpaired) electrons. The third-order valence-electron chi connectivity index (χ3n) is 4.84. The van der Waals surface area contributed by atoms with E-state index in [1.54, 1.807) is 0 Å². The third kappa shape index (κ3) is 5.21. The van der Waals surface area contributed by atoms with Gasteiger partial charge in [-0.3, -0.25) is 4.79 Å². The number of carbonyl (C=O) groups is 1. The van der Waals surface area contributed by atoms with Crippen LogP contribution < -0.4 is 10.1 Å². The van der Waals surface area contributed by atoms with Crippen LogP contribution in [0.15, 0.2) is 24.3 Å². The lowest BCUT2D eigenvalue weighted by molar-refractivity contribution is -0.117. The molecule has 5 heteroatoms. The smallest absolute Gasteiger partial charge is 0.227 e. The molecular weight excluding hydrogens is 304 g/mol. The Kier molecular flexibility index (Phi) is 5.74. The van der Waals surface area contributed by atoms with E-state index in [-0.39, 0.29) is 18.4 Å². The fourth-order valence-electron chi connectivity index (χ4n) is 3.04. The standard InChI is InChI=1S/C19H28N2O3/c1-14-7-9-21(10-8-14)12-17(22)13-24-18-4-2-3-16(11-18)20-19(23)15-5-6-15/h2-4,11,14-15,17,22H,5-10,12-13H2,1H3,(H,20,23). The third-order valence-corrected chi connectivity index (χ3v) is 4.84. The van der Waals surface area contributed by atoms with Crippen LogP contribution in [0.1, 0.15) is 32.6 Å². The van der Waals surface area contributed by atoms with E-state index in [2.05, 4.69) is 17.1 Å². The fourth-order valence-corrected chi connectivity index (χ4v) is 3.04. The second-order valence-corrected chi connectivity index (χ2v) is 7.24. The first-order chi connectivity index (χ1) is 11.6. The molecule has 1 saturated heterocycles. The van der Waals surface area contributed by atoms with E-state index in [4.69, 9.17) is 4.74 Å². The molecule has 132 valence electrons. The number of hydrogen-bond donors (Lipinski definition) is 2. The van der Waals surface area contributed by atoms with E-state index < -0.39 is 6.10 Å². The number of nitrogens with zero attached hydrogens (tertiary/aromatic N) is 1. The van der Waals surface area contributed by atoms with Crippen molar-refractivity contribution < 1.29 is 14.6 Å². The van der Waals surface area contributed by atoms with Crippen molar-refractivity contribution in [2.24, 2.45) is 11.8 Å². The summed E-state index contributed by atoms with van der Waals surface area (Å²) >= 11 is 0. The van der Waals surface area contributed by atoms with Gasteiger partial charge in [0.15, 0.2) is 0 Å². The highest BCUT2D eigenvalue weighted by Gasteiger charge is 2.29. The molecule has 1 aliphatic carbocycles. The van der Waals surface area contributed by atoms with Crippen LogP contribution in [0, 0.1) is 11.8 Å². The number of likely N-dealkylation sites (tertiary alicyclic amines) is 1. The van der Waals surface area contributed by atoms with Crippen LogP contribution in [0.5, 0.6) is 5.75 Å². The van der Waals surface area contributed by atoms with Gasteiger partial charge in [-0.1, -0.05) is 13.0 Å². The predicted molar refractivity (Wildman–Crippen MR) is 94.1 cm³/mol. The number of carbonyl (C=O) groups excluding carboxylic acids is 1. The quantitative estimate of drug-likeness (QED) is 0.805. The first-order valence-electron chi connectivity index (χ1n) is 9.04. The highest BCUT2D eigenvalue weighted by molar-refractivity contribution is 5.94. The summed E-state index contributed by atoms with van der Waals surface area (Å²) < 4.78 is 5.70. The minimum atomic E-state index is -0.497. The Labute approximate surface area is 144 Å². The molecule has 2 aliphatic rings. The van der Waals surface area contributed by atoms with E-state index >= 15 is 0 Å². The normalized spacial score (nSPS) is 20.6. The van der Waals surface area contributed by atoms with Crippen molar-refractivity contribution in [2.75, 3.05) is 31.6 Å². The SMILES string of the molecule is CC1CCN(CC(O)COc2cccc(NC(=O)C3CC3)c2)CC1. The number of rotatable bonds is 7. The zero-order chi connectivity index (χ0) is 16.9. The number of amides is 1. The monoisotopic (exact) mass is 332 g/mol. The van der Waals surface area contributed by atoms with Gasteiger partial charge in [-0.2, -0.15) is 0 Å². The summed E-state index contributed by atoms with van der Waals surface area (Å²) in [5.41, 5.74) is 0.754. The molecule has 0 bridgehead atoms. The molecule has 1 unspecified atom stereocenters. The Morgan fingerprint density at radius 1 is 1.33 bits per heavy atom. The lowest BCUT2D eigenvalue weighted by Gasteiger charge is -2.31. The van der Waals surface area contributed by atoms with Gasteiger partial charge in [-0.05, 0) is 56.8 Å². The highest BCUT2D eigenvalue weighted by Crippen LogP contribution is 2.30. The van der Waals surface area contributed by atoms with Gasteiger partial charge in [-0.15, -0.1) is 0 Å². The Hall–Kier alpha value is -1.59. The van der Waals surface area contributed by atoms with Gasteiger partial charge in [0.2, 0.25) is 5.91 Å². The molecule has 5 nitrogen and oxygen atoms in total. The number of benzene rings is 1. The Bertz CT molecular complexity index is 551. The summed E-state index contributed by atoms with van der Waals surface area (Å²) in [5, 5.41) is 13.1. The van der Waals surface area contributed by atoms with E-state index in [9.17, 15) is 9.90 Å². The largest absolute Gasteiger partial charge is 0.491 e. The minimum absolute atomic E-state index is 0.0894. The van der Waals surface area contributed by atoms with Crippen LogP contribution in [-0.4, -0.2) is 48.3 Å². The van der Waals surface area contributed by atoms with Crippen molar-refractivity contribution in [3.63, 3.8) is 0 Å². The van der Waals surface area contributed by atoms with Gasteiger partial charge in [-0.25, -0.2) is 0 Å². The molecule has 1 heterocycles. The van der Waals surface area contributed by atoms with Crippen LogP contribution >= 0.6 is 0 Å². The number of aliphatic hydroxyl groups is 1. The zero-order valence-corrected chi connectivity index (χ0v) is 14.4. The molecule has 2 fully saturated rings. The molecule has 24 heavy (non-hydrogen) atoms. The zero-order valence-electron chi connectivity index (χ0n) is 14.4. The topological polar surface area (TPSA) is 61.8 Å². The molecule has 1 aromatic carbocycles. The number of piperidine rings is 1. The average molecular weight is 332 g/mol. The van der Waals surface area contributed by atoms with Crippen molar-refractivity contribution in [2.45, 2.75) is 38.7 Å².